The van der Waals surface area contributed by atoms with Gasteiger partial charge in [0, 0.05) is 13.1 Å². The lowest BCUT2D eigenvalue weighted by Gasteiger charge is -2.20. The molecule has 102 valence electrons. The van der Waals surface area contributed by atoms with E-state index in [-0.39, 0.29) is 11.9 Å². The number of carbonyl (C=O) groups excluding carboxylic acids is 1. The lowest BCUT2D eigenvalue weighted by Crippen LogP contribution is -2.29. The second kappa shape index (κ2) is 6.86. The van der Waals surface area contributed by atoms with E-state index in [4.69, 9.17) is 5.26 Å². The van der Waals surface area contributed by atoms with Crippen molar-refractivity contribution in [2.75, 3.05) is 20.7 Å². The molecule has 1 aromatic carbocycles. The third-order valence-electron chi connectivity index (χ3n) is 2.82. The van der Waals surface area contributed by atoms with E-state index < -0.39 is 5.82 Å². The maximum Gasteiger partial charge on any atom is 0.309 e. The maximum atomic E-state index is 13.0. The number of ether oxygens (including phenoxy) is 1. The molecule has 0 fully saturated rings. The number of rotatable bonds is 5. The van der Waals surface area contributed by atoms with E-state index in [2.05, 4.69) is 4.74 Å². The van der Waals surface area contributed by atoms with Gasteiger partial charge in [0.25, 0.3) is 0 Å². The molecular formula is C14H17FN2O2. The molecule has 19 heavy (non-hydrogen) atoms. The molecule has 0 saturated heterocycles. The molecule has 0 bridgehead atoms. The molecule has 1 rings (SSSR count). The van der Waals surface area contributed by atoms with Gasteiger partial charge < -0.3 is 9.64 Å². The zero-order chi connectivity index (χ0) is 14.4. The van der Waals surface area contributed by atoms with Crippen molar-refractivity contribution in [3.8, 4) is 6.07 Å². The third kappa shape index (κ3) is 4.34. The number of carbonyl (C=O) groups is 1. The maximum absolute atomic E-state index is 13.0. The summed E-state index contributed by atoms with van der Waals surface area (Å²) in [6.45, 7) is 2.76. The van der Waals surface area contributed by atoms with Crippen LogP contribution in [-0.4, -0.2) is 31.6 Å². The smallest absolute Gasteiger partial charge is 0.309 e. The number of methoxy groups -OCH3 is 1. The average molecular weight is 264 g/mol. The highest BCUT2D eigenvalue weighted by Gasteiger charge is 2.16. The molecule has 0 heterocycles. The summed E-state index contributed by atoms with van der Waals surface area (Å²) in [7, 11) is 3.19. The molecule has 0 aliphatic rings. The van der Waals surface area contributed by atoms with Gasteiger partial charge in [-0.2, -0.15) is 5.26 Å². The van der Waals surface area contributed by atoms with E-state index in [1.807, 2.05) is 18.0 Å². The molecule has 0 saturated carbocycles. The van der Waals surface area contributed by atoms with Gasteiger partial charge in [0.05, 0.1) is 24.7 Å². The third-order valence-corrected chi connectivity index (χ3v) is 2.82. The molecule has 1 atom stereocenters. The first-order chi connectivity index (χ1) is 8.97. The Hall–Kier alpha value is -1.93. The van der Waals surface area contributed by atoms with Crippen LogP contribution in [-0.2, 0) is 16.1 Å². The monoisotopic (exact) mass is 264 g/mol. The molecule has 1 unspecified atom stereocenters. The van der Waals surface area contributed by atoms with Crippen LogP contribution in [0, 0.1) is 23.1 Å². The van der Waals surface area contributed by atoms with Gasteiger partial charge >= 0.3 is 5.97 Å². The fourth-order valence-corrected chi connectivity index (χ4v) is 1.89. The summed E-state index contributed by atoms with van der Waals surface area (Å²) in [4.78, 5) is 13.2. The van der Waals surface area contributed by atoms with Gasteiger partial charge in [-0.05, 0) is 24.7 Å². The Morgan fingerprint density at radius 2 is 2.26 bits per heavy atom. The first-order valence-corrected chi connectivity index (χ1v) is 5.92. The Labute approximate surface area is 112 Å². The van der Waals surface area contributed by atoms with Crippen molar-refractivity contribution < 1.29 is 13.9 Å². The minimum absolute atomic E-state index is 0.249. The minimum Gasteiger partial charge on any atom is -0.469 e. The highest BCUT2D eigenvalue weighted by Crippen LogP contribution is 2.13. The Morgan fingerprint density at radius 1 is 1.58 bits per heavy atom. The first-order valence-electron chi connectivity index (χ1n) is 5.92. The molecular weight excluding hydrogens is 247 g/mol. The number of hydrogen-bond donors (Lipinski definition) is 0. The SMILES string of the molecule is COC(=O)C(C)CN(C)Cc1ccc(F)cc1C#N. The normalized spacial score (nSPS) is 12.0. The van der Waals surface area contributed by atoms with Gasteiger partial charge in [-0.3, -0.25) is 4.79 Å². The van der Waals surface area contributed by atoms with Gasteiger partial charge in [-0.15, -0.1) is 0 Å². The summed E-state index contributed by atoms with van der Waals surface area (Å²) < 4.78 is 17.7. The molecule has 4 nitrogen and oxygen atoms in total. The van der Waals surface area contributed by atoms with Crippen LogP contribution in [0.3, 0.4) is 0 Å². The first kappa shape index (κ1) is 15.1. The lowest BCUT2D eigenvalue weighted by atomic mass is 10.1. The number of hydrogen-bond acceptors (Lipinski definition) is 4. The summed E-state index contributed by atoms with van der Waals surface area (Å²) in [5.41, 5.74) is 1.06. The minimum atomic E-state index is -0.425. The van der Waals surface area contributed by atoms with E-state index in [0.717, 1.165) is 5.56 Å². The van der Waals surface area contributed by atoms with Crippen molar-refractivity contribution in [1.82, 2.24) is 4.90 Å². The summed E-state index contributed by atoms with van der Waals surface area (Å²) in [6.07, 6.45) is 0. The predicted octanol–water partition coefficient (Wildman–Crippen LogP) is 1.94. The van der Waals surface area contributed by atoms with Crippen molar-refractivity contribution in [3.05, 3.63) is 35.1 Å². The number of esters is 1. The molecule has 1 aromatic rings. The van der Waals surface area contributed by atoms with E-state index >= 15 is 0 Å². The van der Waals surface area contributed by atoms with Crippen molar-refractivity contribution in [2.24, 2.45) is 5.92 Å². The van der Waals surface area contributed by atoms with Crippen molar-refractivity contribution in [2.45, 2.75) is 13.5 Å². The van der Waals surface area contributed by atoms with Gasteiger partial charge in [0.1, 0.15) is 5.82 Å². The molecule has 0 radical (unpaired) electrons. The fourth-order valence-electron chi connectivity index (χ4n) is 1.89. The van der Waals surface area contributed by atoms with Crippen molar-refractivity contribution in [3.63, 3.8) is 0 Å². The Kier molecular flexibility index (Phi) is 5.46. The van der Waals surface area contributed by atoms with Crippen LogP contribution in [0.5, 0.6) is 0 Å². The summed E-state index contributed by atoms with van der Waals surface area (Å²) in [6, 6.07) is 6.10. The molecule has 0 aromatic heterocycles. The molecule has 0 amide bonds. The predicted molar refractivity (Wildman–Crippen MR) is 68.6 cm³/mol. The molecule has 0 N–H and O–H groups in total. The van der Waals surface area contributed by atoms with Crippen LogP contribution in [0.2, 0.25) is 0 Å². The van der Waals surface area contributed by atoms with E-state index in [1.54, 1.807) is 13.0 Å². The van der Waals surface area contributed by atoms with Gasteiger partial charge in [-0.1, -0.05) is 13.0 Å². The van der Waals surface area contributed by atoms with Crippen LogP contribution in [0.1, 0.15) is 18.1 Å². The van der Waals surface area contributed by atoms with Gasteiger partial charge in [0.2, 0.25) is 0 Å². The lowest BCUT2D eigenvalue weighted by molar-refractivity contribution is -0.145. The van der Waals surface area contributed by atoms with Crippen LogP contribution in [0.4, 0.5) is 4.39 Å². The Balaban J connectivity index is 2.70. The highest BCUT2D eigenvalue weighted by atomic mass is 19.1. The van der Waals surface area contributed by atoms with Crippen molar-refractivity contribution >= 4 is 5.97 Å². The van der Waals surface area contributed by atoms with Crippen LogP contribution in [0.25, 0.3) is 0 Å². The topological polar surface area (TPSA) is 53.3 Å². The molecule has 5 heteroatoms. The van der Waals surface area contributed by atoms with Crippen LogP contribution < -0.4 is 0 Å². The standard InChI is InChI=1S/C14H17FN2O2/c1-10(14(18)19-3)8-17(2)9-11-4-5-13(15)6-12(11)7-16/h4-6,10H,8-9H2,1-3H3. The molecule has 0 spiro atoms. The zero-order valence-electron chi connectivity index (χ0n) is 11.3. The van der Waals surface area contributed by atoms with Crippen LogP contribution >= 0.6 is 0 Å². The summed E-state index contributed by atoms with van der Waals surface area (Å²) in [5.74, 6) is -0.946. The Bertz CT molecular complexity index is 497. The number of nitrogens with zero attached hydrogens (tertiary/aromatic N) is 2. The zero-order valence-corrected chi connectivity index (χ0v) is 11.3. The quantitative estimate of drug-likeness (QED) is 0.763. The number of halogens is 1. The van der Waals surface area contributed by atoms with Gasteiger partial charge in [0.15, 0.2) is 0 Å². The van der Waals surface area contributed by atoms with Gasteiger partial charge in [-0.25, -0.2) is 4.39 Å². The number of nitriles is 1. The Morgan fingerprint density at radius 3 is 2.84 bits per heavy atom. The summed E-state index contributed by atoms with van der Waals surface area (Å²) >= 11 is 0. The second-order valence-electron chi connectivity index (χ2n) is 4.53. The molecule has 0 aliphatic carbocycles. The average Bonchev–Trinajstić information content (AvgIpc) is 2.39. The number of benzene rings is 1. The van der Waals surface area contributed by atoms with E-state index in [0.29, 0.717) is 18.7 Å². The summed E-state index contributed by atoms with van der Waals surface area (Å²) in [5, 5.41) is 8.95. The van der Waals surface area contributed by atoms with Crippen LogP contribution in [0.15, 0.2) is 18.2 Å². The second-order valence-corrected chi connectivity index (χ2v) is 4.53. The van der Waals surface area contributed by atoms with E-state index in [1.165, 1.54) is 19.2 Å². The van der Waals surface area contributed by atoms with E-state index in [9.17, 15) is 9.18 Å². The highest BCUT2D eigenvalue weighted by molar-refractivity contribution is 5.72. The van der Waals surface area contributed by atoms with Crippen molar-refractivity contribution in [1.29, 1.82) is 5.26 Å². The largest absolute Gasteiger partial charge is 0.469 e. The molecule has 0 aliphatic heterocycles. The fraction of sp³-hybridized carbons (Fsp3) is 0.429.